The molecule has 0 unspecified atom stereocenters. The zero-order valence-electron chi connectivity index (χ0n) is 16.6. The Labute approximate surface area is 176 Å². The second-order valence-corrected chi connectivity index (χ2v) is 8.64. The summed E-state index contributed by atoms with van der Waals surface area (Å²) in [7, 11) is 0. The van der Waals surface area contributed by atoms with Gasteiger partial charge in [-0.05, 0) is 62.4 Å². The van der Waals surface area contributed by atoms with E-state index in [1.165, 1.54) is 12.3 Å². The number of hydrogen-bond acceptors (Lipinski definition) is 4. The van der Waals surface area contributed by atoms with Gasteiger partial charge >= 0.3 is 0 Å². The number of aromatic nitrogens is 1. The maximum atomic E-state index is 13.5. The fraction of sp³-hybridized carbons (Fsp3) is 0.522. The van der Waals surface area contributed by atoms with Gasteiger partial charge in [0.15, 0.2) is 0 Å². The highest BCUT2D eigenvalue weighted by atomic mass is 35.5. The van der Waals surface area contributed by atoms with Crippen molar-refractivity contribution in [2.75, 3.05) is 26.4 Å². The highest BCUT2D eigenvalue weighted by Gasteiger charge is 2.47. The van der Waals surface area contributed by atoms with E-state index in [1.54, 1.807) is 0 Å². The molecule has 0 bridgehead atoms. The Morgan fingerprint density at radius 3 is 2.66 bits per heavy atom. The SMILES string of the molecule is Fc1ccc([C@]2(CCNCc3ccccc3Cl)CCOC3(CCOCC3)C2)nc1. The van der Waals surface area contributed by atoms with E-state index < -0.39 is 0 Å². The number of rotatable bonds is 6. The molecule has 4 rings (SSSR count). The summed E-state index contributed by atoms with van der Waals surface area (Å²) < 4.78 is 25.4. The third-order valence-electron chi connectivity index (χ3n) is 6.38. The standard InChI is InChI=1S/C23H28ClFN2O2/c24-20-4-2-1-3-18(20)15-26-11-7-22(21-6-5-19(25)16-27-21)8-14-29-23(17-22)9-12-28-13-10-23/h1-6,16,26H,7-15,17H2/t22-/m1/s1. The predicted octanol–water partition coefficient (Wildman–Crippen LogP) is 4.65. The first-order valence-corrected chi connectivity index (χ1v) is 10.8. The lowest BCUT2D eigenvalue weighted by molar-refractivity contribution is -0.154. The molecule has 2 fully saturated rings. The number of pyridine rings is 1. The smallest absolute Gasteiger partial charge is 0.141 e. The topological polar surface area (TPSA) is 43.4 Å². The van der Waals surface area contributed by atoms with E-state index in [9.17, 15) is 4.39 Å². The van der Waals surface area contributed by atoms with Crippen molar-refractivity contribution in [3.8, 4) is 0 Å². The van der Waals surface area contributed by atoms with Crippen LogP contribution >= 0.6 is 11.6 Å². The molecular weight excluding hydrogens is 391 g/mol. The van der Waals surface area contributed by atoms with Gasteiger partial charge in [0.05, 0.1) is 11.8 Å². The van der Waals surface area contributed by atoms with Gasteiger partial charge in [0.25, 0.3) is 0 Å². The lowest BCUT2D eigenvalue weighted by Crippen LogP contribution is -2.51. The molecule has 2 aliphatic heterocycles. The highest BCUT2D eigenvalue weighted by molar-refractivity contribution is 6.31. The average molecular weight is 419 g/mol. The van der Waals surface area contributed by atoms with Crippen LogP contribution in [0, 0.1) is 5.82 Å². The Hall–Kier alpha value is -1.53. The minimum Gasteiger partial charge on any atom is -0.381 e. The maximum absolute atomic E-state index is 13.5. The van der Waals surface area contributed by atoms with Gasteiger partial charge in [-0.1, -0.05) is 29.8 Å². The highest BCUT2D eigenvalue weighted by Crippen LogP contribution is 2.47. The van der Waals surface area contributed by atoms with Crippen LogP contribution < -0.4 is 5.32 Å². The summed E-state index contributed by atoms with van der Waals surface area (Å²) in [6, 6.07) is 11.3. The Morgan fingerprint density at radius 1 is 1.07 bits per heavy atom. The van der Waals surface area contributed by atoms with Crippen molar-refractivity contribution in [1.82, 2.24) is 10.3 Å². The van der Waals surface area contributed by atoms with Crippen LogP contribution in [0.1, 0.15) is 43.4 Å². The van der Waals surface area contributed by atoms with Crippen LogP contribution in [0.15, 0.2) is 42.6 Å². The minimum absolute atomic E-state index is 0.128. The quantitative estimate of drug-likeness (QED) is 0.693. The van der Waals surface area contributed by atoms with E-state index in [4.69, 9.17) is 21.1 Å². The first-order chi connectivity index (χ1) is 14.1. The molecule has 2 aromatic rings. The molecule has 29 heavy (non-hydrogen) atoms. The maximum Gasteiger partial charge on any atom is 0.141 e. The van der Waals surface area contributed by atoms with Gasteiger partial charge in [-0.2, -0.15) is 0 Å². The van der Waals surface area contributed by atoms with Crippen LogP contribution in [0.5, 0.6) is 0 Å². The lowest BCUT2D eigenvalue weighted by atomic mass is 9.66. The molecule has 0 aliphatic carbocycles. The lowest BCUT2D eigenvalue weighted by Gasteiger charge is -2.49. The fourth-order valence-electron chi connectivity index (χ4n) is 4.73. The average Bonchev–Trinajstić information content (AvgIpc) is 2.73. The van der Waals surface area contributed by atoms with Crippen LogP contribution in [0.2, 0.25) is 5.02 Å². The Morgan fingerprint density at radius 2 is 1.90 bits per heavy atom. The minimum atomic E-state index is -0.298. The van der Waals surface area contributed by atoms with Gasteiger partial charge in [0.1, 0.15) is 5.82 Å². The molecule has 0 saturated carbocycles. The van der Waals surface area contributed by atoms with Crippen LogP contribution in [-0.2, 0) is 21.4 Å². The van der Waals surface area contributed by atoms with Gasteiger partial charge in [-0.3, -0.25) is 4.98 Å². The molecule has 0 radical (unpaired) electrons. The molecule has 2 saturated heterocycles. The van der Waals surface area contributed by atoms with E-state index in [1.807, 2.05) is 30.3 Å². The molecular formula is C23H28ClFN2O2. The summed E-state index contributed by atoms with van der Waals surface area (Å²) in [4.78, 5) is 4.49. The molecule has 156 valence electrons. The van der Waals surface area contributed by atoms with Gasteiger partial charge in [-0.15, -0.1) is 0 Å². The number of halogens is 2. The molecule has 2 aliphatic rings. The third kappa shape index (κ3) is 4.80. The molecule has 6 heteroatoms. The van der Waals surface area contributed by atoms with Crippen molar-refractivity contribution in [2.24, 2.45) is 0 Å². The van der Waals surface area contributed by atoms with E-state index in [-0.39, 0.29) is 16.8 Å². The van der Waals surface area contributed by atoms with E-state index in [2.05, 4.69) is 10.3 Å². The van der Waals surface area contributed by atoms with Crippen molar-refractivity contribution >= 4 is 11.6 Å². The predicted molar refractivity (Wildman–Crippen MR) is 112 cm³/mol. The van der Waals surface area contributed by atoms with Crippen LogP contribution in [-0.4, -0.2) is 37.0 Å². The number of hydrogen-bond donors (Lipinski definition) is 1. The molecule has 1 aromatic carbocycles. The second kappa shape index (κ2) is 9.09. The molecule has 0 amide bonds. The monoisotopic (exact) mass is 418 g/mol. The molecule has 4 nitrogen and oxygen atoms in total. The largest absolute Gasteiger partial charge is 0.381 e. The molecule has 3 heterocycles. The van der Waals surface area contributed by atoms with E-state index >= 15 is 0 Å². The van der Waals surface area contributed by atoms with Crippen molar-refractivity contribution in [1.29, 1.82) is 0 Å². The Bertz CT molecular complexity index is 805. The Balaban J connectivity index is 1.49. The van der Waals surface area contributed by atoms with Crippen LogP contribution in [0.3, 0.4) is 0 Å². The van der Waals surface area contributed by atoms with Crippen molar-refractivity contribution in [2.45, 2.75) is 49.7 Å². The van der Waals surface area contributed by atoms with Gasteiger partial charge in [-0.25, -0.2) is 4.39 Å². The molecule has 1 atom stereocenters. The van der Waals surface area contributed by atoms with Crippen LogP contribution in [0.4, 0.5) is 4.39 Å². The Kier molecular flexibility index (Phi) is 6.50. The number of nitrogens with zero attached hydrogens (tertiary/aromatic N) is 1. The third-order valence-corrected chi connectivity index (χ3v) is 6.75. The van der Waals surface area contributed by atoms with Gasteiger partial charge < -0.3 is 14.8 Å². The molecule has 1 N–H and O–H groups in total. The number of ether oxygens (including phenoxy) is 2. The molecule has 1 spiro atoms. The normalized spacial score (nSPS) is 23.9. The first-order valence-electron chi connectivity index (χ1n) is 10.4. The summed E-state index contributed by atoms with van der Waals surface area (Å²) in [5, 5.41) is 4.32. The van der Waals surface area contributed by atoms with Crippen molar-refractivity contribution in [3.05, 3.63) is 64.7 Å². The fourth-order valence-corrected chi connectivity index (χ4v) is 4.93. The summed E-state index contributed by atoms with van der Waals surface area (Å²) in [6.45, 7) is 3.72. The summed E-state index contributed by atoms with van der Waals surface area (Å²) >= 11 is 6.27. The summed E-state index contributed by atoms with van der Waals surface area (Å²) in [5.41, 5.74) is 1.77. The number of nitrogens with one attached hydrogen (secondary N) is 1. The zero-order valence-corrected chi connectivity index (χ0v) is 17.4. The molecule has 1 aromatic heterocycles. The zero-order chi connectivity index (χ0) is 20.2. The van der Waals surface area contributed by atoms with Gasteiger partial charge in [0, 0.05) is 42.5 Å². The van der Waals surface area contributed by atoms with Crippen molar-refractivity contribution in [3.63, 3.8) is 0 Å². The van der Waals surface area contributed by atoms with E-state index in [0.717, 1.165) is 74.7 Å². The first kappa shape index (κ1) is 20.7. The van der Waals surface area contributed by atoms with E-state index in [0.29, 0.717) is 6.61 Å². The van der Waals surface area contributed by atoms with Crippen LogP contribution in [0.25, 0.3) is 0 Å². The second-order valence-electron chi connectivity index (χ2n) is 8.23. The number of benzene rings is 1. The van der Waals surface area contributed by atoms with Gasteiger partial charge in [0.2, 0.25) is 0 Å². The summed E-state index contributed by atoms with van der Waals surface area (Å²) in [6.07, 6.45) is 5.85. The van der Waals surface area contributed by atoms with Crippen molar-refractivity contribution < 1.29 is 13.9 Å². The summed E-state index contributed by atoms with van der Waals surface area (Å²) in [5.74, 6) is -0.298.